The lowest BCUT2D eigenvalue weighted by molar-refractivity contribution is 0.0827. The van der Waals surface area contributed by atoms with Gasteiger partial charge in [-0.25, -0.2) is 18.7 Å². The molecule has 3 aromatic rings. The number of amides is 1. The number of benzene rings is 1. The van der Waals surface area contributed by atoms with Crippen molar-refractivity contribution in [3.05, 3.63) is 47.9 Å². The van der Waals surface area contributed by atoms with Crippen molar-refractivity contribution < 1.29 is 13.6 Å². The van der Waals surface area contributed by atoms with Crippen LogP contribution in [0, 0.1) is 11.6 Å². The second-order valence-electron chi connectivity index (χ2n) is 7.31. The van der Waals surface area contributed by atoms with E-state index < -0.39 is 11.6 Å². The standard InChI is InChI=1S/C20H22F2N6O/c1-27(2)20(29)12-3-4-16(14(21)9-12)26-18-17-15(22)10-28(19(17)25-11-24-18)13-5-7-23-8-6-13/h3-4,9-11,13,23H,5-8H2,1-2H3,(H,24,25,26). The third-order valence-corrected chi connectivity index (χ3v) is 5.14. The first-order chi connectivity index (χ1) is 14.0. The number of carbonyl (C=O) groups excluding carboxylic acids is 1. The van der Waals surface area contributed by atoms with Crippen molar-refractivity contribution in [3.63, 3.8) is 0 Å². The molecule has 1 aliphatic heterocycles. The lowest BCUT2D eigenvalue weighted by Gasteiger charge is -2.24. The minimum atomic E-state index is -0.623. The number of hydrogen-bond donors (Lipinski definition) is 2. The number of rotatable bonds is 4. The fourth-order valence-corrected chi connectivity index (χ4v) is 3.63. The average molecular weight is 400 g/mol. The zero-order valence-electron chi connectivity index (χ0n) is 16.2. The van der Waals surface area contributed by atoms with Crippen molar-refractivity contribution in [1.29, 1.82) is 0 Å². The van der Waals surface area contributed by atoms with E-state index in [0.717, 1.165) is 32.0 Å². The van der Waals surface area contributed by atoms with Gasteiger partial charge in [0, 0.05) is 31.9 Å². The molecule has 0 aliphatic carbocycles. The summed E-state index contributed by atoms with van der Waals surface area (Å²) in [6.45, 7) is 1.73. The van der Waals surface area contributed by atoms with Crippen LogP contribution in [0.1, 0.15) is 29.2 Å². The molecule has 1 saturated heterocycles. The first-order valence-corrected chi connectivity index (χ1v) is 9.45. The van der Waals surface area contributed by atoms with Crippen molar-refractivity contribution in [2.45, 2.75) is 18.9 Å². The molecule has 1 fully saturated rings. The molecule has 152 valence electrons. The Kier molecular flexibility index (Phi) is 5.14. The highest BCUT2D eigenvalue weighted by molar-refractivity contribution is 5.95. The van der Waals surface area contributed by atoms with Crippen LogP contribution in [-0.2, 0) is 0 Å². The molecule has 0 atom stereocenters. The molecular formula is C20H22F2N6O. The quantitative estimate of drug-likeness (QED) is 0.704. The summed E-state index contributed by atoms with van der Waals surface area (Å²) in [7, 11) is 3.19. The Morgan fingerprint density at radius 1 is 1.21 bits per heavy atom. The monoisotopic (exact) mass is 400 g/mol. The number of hydrogen-bond acceptors (Lipinski definition) is 5. The van der Waals surface area contributed by atoms with Gasteiger partial charge in [-0.1, -0.05) is 0 Å². The number of carbonyl (C=O) groups is 1. The number of piperidine rings is 1. The molecule has 2 N–H and O–H groups in total. The van der Waals surface area contributed by atoms with E-state index in [2.05, 4.69) is 20.6 Å². The predicted molar refractivity (Wildman–Crippen MR) is 106 cm³/mol. The van der Waals surface area contributed by atoms with Gasteiger partial charge in [-0.15, -0.1) is 0 Å². The lowest BCUT2D eigenvalue weighted by Crippen LogP contribution is -2.29. The van der Waals surface area contributed by atoms with Gasteiger partial charge in [0.05, 0.1) is 11.1 Å². The Morgan fingerprint density at radius 2 is 1.97 bits per heavy atom. The summed E-state index contributed by atoms with van der Waals surface area (Å²) in [4.78, 5) is 21.8. The molecule has 9 heteroatoms. The van der Waals surface area contributed by atoms with E-state index in [0.29, 0.717) is 5.65 Å². The molecule has 29 heavy (non-hydrogen) atoms. The molecule has 0 bridgehead atoms. The van der Waals surface area contributed by atoms with Gasteiger partial charge in [-0.05, 0) is 44.1 Å². The van der Waals surface area contributed by atoms with Crippen molar-refractivity contribution in [1.82, 2.24) is 24.8 Å². The Hall–Kier alpha value is -3.07. The second-order valence-corrected chi connectivity index (χ2v) is 7.31. The largest absolute Gasteiger partial charge is 0.345 e. The summed E-state index contributed by atoms with van der Waals surface area (Å²) in [6.07, 6.45) is 4.54. The maximum Gasteiger partial charge on any atom is 0.253 e. The summed E-state index contributed by atoms with van der Waals surface area (Å²) in [5, 5.41) is 6.36. The molecule has 3 heterocycles. The smallest absolute Gasteiger partial charge is 0.253 e. The van der Waals surface area contributed by atoms with Crippen molar-refractivity contribution in [2.24, 2.45) is 0 Å². The normalized spacial score (nSPS) is 14.9. The second kappa shape index (κ2) is 7.75. The Bertz CT molecular complexity index is 1060. The van der Waals surface area contributed by atoms with Crippen molar-refractivity contribution >= 4 is 28.4 Å². The summed E-state index contributed by atoms with van der Waals surface area (Å²) < 4.78 is 31.2. The molecule has 1 aliphatic rings. The molecule has 7 nitrogen and oxygen atoms in total. The predicted octanol–water partition coefficient (Wildman–Crippen LogP) is 3.08. The fraction of sp³-hybridized carbons (Fsp3) is 0.350. The summed E-state index contributed by atoms with van der Waals surface area (Å²) >= 11 is 0. The van der Waals surface area contributed by atoms with E-state index in [1.165, 1.54) is 29.6 Å². The fourth-order valence-electron chi connectivity index (χ4n) is 3.63. The molecule has 0 radical (unpaired) electrons. The molecule has 0 saturated carbocycles. The summed E-state index contributed by atoms with van der Waals surface area (Å²) in [6, 6.07) is 4.27. The third kappa shape index (κ3) is 3.65. The van der Waals surface area contributed by atoms with Crippen LogP contribution < -0.4 is 10.6 Å². The van der Waals surface area contributed by atoms with E-state index in [-0.39, 0.29) is 34.4 Å². The van der Waals surface area contributed by atoms with Crippen LogP contribution >= 0.6 is 0 Å². The van der Waals surface area contributed by atoms with Gasteiger partial charge in [0.2, 0.25) is 0 Å². The van der Waals surface area contributed by atoms with Crippen LogP contribution in [0.2, 0.25) is 0 Å². The highest BCUT2D eigenvalue weighted by Gasteiger charge is 2.22. The van der Waals surface area contributed by atoms with Gasteiger partial charge in [0.15, 0.2) is 5.82 Å². The van der Waals surface area contributed by atoms with Gasteiger partial charge >= 0.3 is 0 Å². The SMILES string of the molecule is CN(C)C(=O)c1ccc(Nc2ncnc3c2c(F)cn3C2CCNCC2)c(F)c1. The summed E-state index contributed by atoms with van der Waals surface area (Å²) in [5.41, 5.74) is 0.815. The number of halogens is 2. The zero-order chi connectivity index (χ0) is 20.5. The molecule has 2 aromatic heterocycles. The number of nitrogens with one attached hydrogen (secondary N) is 2. The van der Waals surface area contributed by atoms with E-state index in [4.69, 9.17) is 0 Å². The van der Waals surface area contributed by atoms with Crippen molar-refractivity contribution in [2.75, 3.05) is 32.5 Å². The highest BCUT2D eigenvalue weighted by atomic mass is 19.1. The maximum atomic E-state index is 14.8. The average Bonchev–Trinajstić information content (AvgIpc) is 3.07. The van der Waals surface area contributed by atoms with Crippen LogP contribution in [0.4, 0.5) is 20.3 Å². The molecule has 1 aromatic carbocycles. The molecular weight excluding hydrogens is 378 g/mol. The number of anilines is 2. The first kappa shape index (κ1) is 19.3. The zero-order valence-corrected chi connectivity index (χ0v) is 16.2. The van der Waals surface area contributed by atoms with Crippen LogP contribution in [0.3, 0.4) is 0 Å². The van der Waals surface area contributed by atoms with Gasteiger partial charge in [0.1, 0.15) is 23.6 Å². The topological polar surface area (TPSA) is 75.1 Å². The number of fused-ring (bicyclic) bond motifs is 1. The number of nitrogens with zero attached hydrogens (tertiary/aromatic N) is 4. The van der Waals surface area contributed by atoms with Crippen LogP contribution in [0.5, 0.6) is 0 Å². The third-order valence-electron chi connectivity index (χ3n) is 5.14. The van der Waals surface area contributed by atoms with Gasteiger partial charge in [0.25, 0.3) is 5.91 Å². The Labute approximate surface area is 166 Å². The van der Waals surface area contributed by atoms with Crippen LogP contribution in [0.25, 0.3) is 11.0 Å². The number of aromatic nitrogens is 3. The lowest BCUT2D eigenvalue weighted by atomic mass is 10.1. The van der Waals surface area contributed by atoms with E-state index >= 15 is 0 Å². The van der Waals surface area contributed by atoms with Gasteiger partial charge in [-0.2, -0.15) is 0 Å². The highest BCUT2D eigenvalue weighted by Crippen LogP contribution is 2.32. The van der Waals surface area contributed by atoms with Crippen LogP contribution in [0.15, 0.2) is 30.7 Å². The van der Waals surface area contributed by atoms with E-state index in [1.54, 1.807) is 14.1 Å². The van der Waals surface area contributed by atoms with E-state index in [1.807, 2.05) is 4.57 Å². The Morgan fingerprint density at radius 3 is 2.66 bits per heavy atom. The Balaban J connectivity index is 1.68. The summed E-state index contributed by atoms with van der Waals surface area (Å²) in [5.74, 6) is -1.19. The minimum absolute atomic E-state index is 0.106. The first-order valence-electron chi connectivity index (χ1n) is 9.45. The molecule has 0 spiro atoms. The van der Waals surface area contributed by atoms with Gasteiger partial charge in [-0.3, -0.25) is 4.79 Å². The molecule has 4 rings (SSSR count). The molecule has 1 amide bonds. The van der Waals surface area contributed by atoms with Gasteiger partial charge < -0.3 is 20.1 Å². The van der Waals surface area contributed by atoms with Crippen LogP contribution in [-0.4, -0.2) is 52.5 Å². The van der Waals surface area contributed by atoms with E-state index in [9.17, 15) is 13.6 Å². The van der Waals surface area contributed by atoms with Crippen molar-refractivity contribution in [3.8, 4) is 0 Å². The maximum absolute atomic E-state index is 14.8. The molecule has 0 unspecified atom stereocenters. The minimum Gasteiger partial charge on any atom is -0.345 e.